The van der Waals surface area contributed by atoms with Crippen LogP contribution in [-0.4, -0.2) is 5.78 Å². The molecule has 2 rings (SSSR count). The number of benzene rings is 2. The van der Waals surface area contributed by atoms with Gasteiger partial charge in [-0.25, -0.2) is 4.39 Å². The zero-order valence-electron chi connectivity index (χ0n) is 10.9. The van der Waals surface area contributed by atoms with Gasteiger partial charge >= 0.3 is 0 Å². The molecule has 0 heterocycles. The number of hydrogen-bond donors (Lipinski definition) is 1. The first-order valence-electron chi connectivity index (χ1n) is 6.35. The van der Waals surface area contributed by atoms with Gasteiger partial charge < -0.3 is 5.73 Å². The summed E-state index contributed by atoms with van der Waals surface area (Å²) in [6, 6.07) is 12.2. The van der Waals surface area contributed by atoms with E-state index in [2.05, 4.69) is 15.9 Å². The Morgan fingerprint density at radius 2 is 1.85 bits per heavy atom. The van der Waals surface area contributed by atoms with Crippen LogP contribution in [0.15, 0.2) is 46.9 Å². The number of rotatable bonds is 5. The first kappa shape index (κ1) is 14.7. The Bertz CT molecular complexity index is 610. The SMILES string of the molecule is Nc1ccc(CCC(=O)Cc2cccc(F)c2Br)cc1. The van der Waals surface area contributed by atoms with E-state index in [9.17, 15) is 9.18 Å². The minimum absolute atomic E-state index is 0.0909. The molecule has 0 aliphatic heterocycles. The number of nitrogen functional groups attached to an aromatic ring is 1. The van der Waals surface area contributed by atoms with Crippen LogP contribution in [0, 0.1) is 5.82 Å². The van der Waals surface area contributed by atoms with Gasteiger partial charge in [0.15, 0.2) is 0 Å². The lowest BCUT2D eigenvalue weighted by molar-refractivity contribution is -0.118. The van der Waals surface area contributed by atoms with Gasteiger partial charge in [-0.15, -0.1) is 0 Å². The van der Waals surface area contributed by atoms with Crippen LogP contribution in [0.4, 0.5) is 10.1 Å². The third-order valence-electron chi connectivity index (χ3n) is 3.09. The van der Waals surface area contributed by atoms with Crippen molar-refractivity contribution in [2.45, 2.75) is 19.3 Å². The highest BCUT2D eigenvalue weighted by atomic mass is 79.9. The van der Waals surface area contributed by atoms with Crippen molar-refractivity contribution in [1.29, 1.82) is 0 Å². The van der Waals surface area contributed by atoms with Crippen LogP contribution in [0.5, 0.6) is 0 Å². The predicted molar refractivity (Wildman–Crippen MR) is 82.0 cm³/mol. The zero-order chi connectivity index (χ0) is 14.5. The van der Waals surface area contributed by atoms with Crippen LogP contribution in [0.3, 0.4) is 0 Å². The van der Waals surface area contributed by atoms with E-state index in [0.717, 1.165) is 5.56 Å². The Balaban J connectivity index is 1.92. The fourth-order valence-electron chi connectivity index (χ4n) is 1.95. The quantitative estimate of drug-likeness (QED) is 0.841. The van der Waals surface area contributed by atoms with Gasteiger partial charge in [0.05, 0.1) is 4.47 Å². The molecule has 4 heteroatoms. The molecule has 104 valence electrons. The normalized spacial score (nSPS) is 10.5. The second-order valence-electron chi connectivity index (χ2n) is 4.67. The number of carbonyl (C=O) groups excluding carboxylic acids is 1. The maximum Gasteiger partial charge on any atom is 0.137 e. The molecule has 0 bridgehead atoms. The molecule has 2 aromatic carbocycles. The number of anilines is 1. The number of Topliss-reactive ketones (excluding diaryl/α,β-unsaturated/α-hetero) is 1. The average molecular weight is 336 g/mol. The number of hydrogen-bond acceptors (Lipinski definition) is 2. The fourth-order valence-corrected chi connectivity index (χ4v) is 2.36. The van der Waals surface area contributed by atoms with Crippen molar-refractivity contribution >= 4 is 27.4 Å². The van der Waals surface area contributed by atoms with Crippen molar-refractivity contribution in [2.24, 2.45) is 0 Å². The van der Waals surface area contributed by atoms with Crippen LogP contribution in [0.1, 0.15) is 17.5 Å². The smallest absolute Gasteiger partial charge is 0.137 e. The molecular weight excluding hydrogens is 321 g/mol. The molecule has 0 unspecified atom stereocenters. The van der Waals surface area contributed by atoms with Crippen LogP contribution in [0.2, 0.25) is 0 Å². The highest BCUT2D eigenvalue weighted by molar-refractivity contribution is 9.10. The van der Waals surface area contributed by atoms with E-state index in [-0.39, 0.29) is 18.0 Å². The number of halogens is 2. The number of carbonyl (C=O) groups is 1. The fraction of sp³-hybridized carbons (Fsp3) is 0.188. The van der Waals surface area contributed by atoms with Crippen LogP contribution in [0.25, 0.3) is 0 Å². The summed E-state index contributed by atoms with van der Waals surface area (Å²) in [7, 11) is 0. The molecule has 0 amide bonds. The van der Waals surface area contributed by atoms with Gasteiger partial charge in [0, 0.05) is 18.5 Å². The zero-order valence-corrected chi connectivity index (χ0v) is 12.5. The van der Waals surface area contributed by atoms with Crippen molar-refractivity contribution < 1.29 is 9.18 Å². The Labute approximate surface area is 125 Å². The van der Waals surface area contributed by atoms with Gasteiger partial charge in [-0.2, -0.15) is 0 Å². The van der Waals surface area contributed by atoms with E-state index >= 15 is 0 Å². The summed E-state index contributed by atoms with van der Waals surface area (Å²) in [5.41, 5.74) is 8.08. The third kappa shape index (κ3) is 3.90. The number of ketones is 1. The van der Waals surface area contributed by atoms with Crippen LogP contribution in [-0.2, 0) is 17.6 Å². The predicted octanol–water partition coefficient (Wildman–Crippen LogP) is 3.91. The van der Waals surface area contributed by atoms with E-state index < -0.39 is 0 Å². The van der Waals surface area contributed by atoms with Gasteiger partial charge in [-0.3, -0.25) is 4.79 Å². The Kier molecular flexibility index (Phi) is 4.90. The van der Waals surface area contributed by atoms with Crippen molar-refractivity contribution in [1.82, 2.24) is 0 Å². The molecule has 0 atom stereocenters. The van der Waals surface area contributed by atoms with E-state index in [0.29, 0.717) is 28.6 Å². The topological polar surface area (TPSA) is 43.1 Å². The van der Waals surface area contributed by atoms with Gasteiger partial charge in [-0.1, -0.05) is 24.3 Å². The van der Waals surface area contributed by atoms with E-state index in [4.69, 9.17) is 5.73 Å². The highest BCUT2D eigenvalue weighted by Crippen LogP contribution is 2.21. The average Bonchev–Trinajstić information content (AvgIpc) is 2.43. The lowest BCUT2D eigenvalue weighted by Crippen LogP contribution is -2.05. The molecule has 0 aliphatic rings. The molecule has 0 saturated heterocycles. The van der Waals surface area contributed by atoms with Gasteiger partial charge in [-0.05, 0) is 51.7 Å². The summed E-state index contributed by atoms with van der Waals surface area (Å²) in [6.45, 7) is 0. The minimum atomic E-state index is -0.339. The monoisotopic (exact) mass is 335 g/mol. The van der Waals surface area contributed by atoms with Gasteiger partial charge in [0.25, 0.3) is 0 Å². The highest BCUT2D eigenvalue weighted by Gasteiger charge is 2.10. The lowest BCUT2D eigenvalue weighted by atomic mass is 10.0. The van der Waals surface area contributed by atoms with Crippen LogP contribution < -0.4 is 5.73 Å². The lowest BCUT2D eigenvalue weighted by Gasteiger charge is -2.05. The van der Waals surface area contributed by atoms with E-state index in [1.807, 2.05) is 24.3 Å². The molecular formula is C16H15BrFNO. The molecule has 0 radical (unpaired) electrons. The van der Waals surface area contributed by atoms with Crippen LogP contribution >= 0.6 is 15.9 Å². The molecule has 0 spiro atoms. The molecule has 0 fully saturated rings. The first-order chi connectivity index (χ1) is 9.56. The molecule has 0 saturated carbocycles. The number of nitrogens with two attached hydrogens (primary N) is 1. The summed E-state index contributed by atoms with van der Waals surface area (Å²) in [4.78, 5) is 11.9. The summed E-state index contributed by atoms with van der Waals surface area (Å²) in [5, 5.41) is 0. The summed E-state index contributed by atoms with van der Waals surface area (Å²) in [6.07, 6.45) is 1.35. The van der Waals surface area contributed by atoms with Crippen molar-refractivity contribution in [3.05, 3.63) is 63.9 Å². The summed E-state index contributed by atoms with van der Waals surface area (Å²) >= 11 is 3.17. The Hall–Kier alpha value is -1.68. The summed E-state index contributed by atoms with van der Waals surface area (Å²) < 4.78 is 13.7. The van der Waals surface area contributed by atoms with Crippen molar-refractivity contribution in [3.8, 4) is 0 Å². The van der Waals surface area contributed by atoms with E-state index in [1.54, 1.807) is 12.1 Å². The molecule has 2 N–H and O–H groups in total. The third-order valence-corrected chi connectivity index (χ3v) is 3.98. The molecule has 0 aromatic heterocycles. The Morgan fingerprint density at radius 1 is 1.15 bits per heavy atom. The summed E-state index contributed by atoms with van der Waals surface area (Å²) in [5.74, 6) is -0.248. The van der Waals surface area contributed by atoms with Crippen molar-refractivity contribution in [2.75, 3.05) is 5.73 Å². The Morgan fingerprint density at radius 3 is 2.55 bits per heavy atom. The number of aryl methyl sites for hydroxylation is 1. The second kappa shape index (κ2) is 6.66. The molecule has 20 heavy (non-hydrogen) atoms. The second-order valence-corrected chi connectivity index (χ2v) is 5.46. The minimum Gasteiger partial charge on any atom is -0.399 e. The van der Waals surface area contributed by atoms with E-state index in [1.165, 1.54) is 6.07 Å². The van der Waals surface area contributed by atoms with Gasteiger partial charge in [0.1, 0.15) is 11.6 Å². The maximum absolute atomic E-state index is 13.3. The largest absolute Gasteiger partial charge is 0.399 e. The van der Waals surface area contributed by atoms with Gasteiger partial charge in [0.2, 0.25) is 0 Å². The van der Waals surface area contributed by atoms with Crippen molar-refractivity contribution in [3.63, 3.8) is 0 Å². The first-order valence-corrected chi connectivity index (χ1v) is 7.14. The standard InChI is InChI=1S/C16H15BrFNO/c17-16-12(2-1-3-15(16)18)10-14(20)9-6-11-4-7-13(19)8-5-11/h1-5,7-8H,6,9-10,19H2. The molecule has 0 aliphatic carbocycles. The maximum atomic E-state index is 13.3. The molecule has 2 aromatic rings. The molecule has 2 nitrogen and oxygen atoms in total.